The van der Waals surface area contributed by atoms with Crippen molar-refractivity contribution < 1.29 is 0 Å². The number of nitrogens with one attached hydrogen (secondary N) is 1. The first-order valence-electron chi connectivity index (χ1n) is 7.98. The Kier molecular flexibility index (Phi) is 3.95. The number of hydrogen-bond donors (Lipinski definition) is 1. The number of nitrogens with zero attached hydrogens (tertiary/aromatic N) is 1. The van der Waals surface area contributed by atoms with E-state index in [0.717, 1.165) is 5.92 Å². The maximum absolute atomic E-state index is 3.74. The molecule has 2 fully saturated rings. The monoisotopic (exact) mass is 258 g/mol. The third-order valence-electron chi connectivity index (χ3n) is 4.87. The summed E-state index contributed by atoms with van der Waals surface area (Å²) in [6, 6.07) is 9.78. The molecule has 1 aliphatic heterocycles. The summed E-state index contributed by atoms with van der Waals surface area (Å²) in [5, 5.41) is 3.74. The van der Waals surface area contributed by atoms with E-state index in [4.69, 9.17) is 0 Å². The fourth-order valence-corrected chi connectivity index (χ4v) is 3.67. The lowest BCUT2D eigenvalue weighted by atomic mass is 10.0. The van der Waals surface area contributed by atoms with Crippen LogP contribution in [-0.2, 0) is 0 Å². The second kappa shape index (κ2) is 5.85. The topological polar surface area (TPSA) is 15.3 Å². The number of hydrogen-bond acceptors (Lipinski definition) is 2. The molecule has 2 atom stereocenters. The van der Waals surface area contributed by atoms with Crippen LogP contribution in [0.15, 0.2) is 24.3 Å². The summed E-state index contributed by atoms with van der Waals surface area (Å²) in [4.78, 5) is 2.49. The molecule has 0 spiro atoms. The fraction of sp³-hybridized carbons (Fsp3) is 0.647. The second-order valence-electron chi connectivity index (χ2n) is 6.09. The van der Waals surface area contributed by atoms with E-state index >= 15 is 0 Å². The molecule has 2 nitrogen and oxygen atoms in total. The molecule has 1 saturated heterocycles. The summed E-state index contributed by atoms with van der Waals surface area (Å²) in [7, 11) is 0. The van der Waals surface area contributed by atoms with Crippen molar-refractivity contribution >= 4 is 11.4 Å². The van der Waals surface area contributed by atoms with Gasteiger partial charge in [0.05, 0.1) is 0 Å². The van der Waals surface area contributed by atoms with E-state index in [9.17, 15) is 0 Å². The van der Waals surface area contributed by atoms with Crippen molar-refractivity contribution in [3.63, 3.8) is 0 Å². The Hall–Kier alpha value is -1.18. The highest BCUT2D eigenvalue weighted by Gasteiger charge is 2.25. The Bertz CT molecular complexity index is 392. The van der Waals surface area contributed by atoms with Crippen molar-refractivity contribution in [1.82, 2.24) is 0 Å². The molecule has 1 N–H and O–H groups in total. The van der Waals surface area contributed by atoms with Crippen LogP contribution in [0.5, 0.6) is 0 Å². The maximum atomic E-state index is 3.74. The highest BCUT2D eigenvalue weighted by atomic mass is 15.1. The average molecular weight is 258 g/mol. The van der Waals surface area contributed by atoms with Crippen LogP contribution >= 0.6 is 0 Å². The normalized spacial score (nSPS) is 26.9. The molecule has 3 rings (SSSR count). The van der Waals surface area contributed by atoms with Gasteiger partial charge in [0.1, 0.15) is 0 Å². The molecule has 19 heavy (non-hydrogen) atoms. The third-order valence-corrected chi connectivity index (χ3v) is 4.87. The summed E-state index contributed by atoms with van der Waals surface area (Å²) in [6.07, 6.45) is 8.14. The van der Waals surface area contributed by atoms with Gasteiger partial charge in [-0.05, 0) is 55.9 Å². The van der Waals surface area contributed by atoms with Gasteiger partial charge >= 0.3 is 0 Å². The number of rotatable bonds is 4. The van der Waals surface area contributed by atoms with Gasteiger partial charge < -0.3 is 10.2 Å². The van der Waals surface area contributed by atoms with Crippen LogP contribution in [0, 0.1) is 5.92 Å². The minimum Gasteiger partial charge on any atom is -0.382 e. The molecule has 0 bridgehead atoms. The van der Waals surface area contributed by atoms with Gasteiger partial charge in [0.2, 0.25) is 0 Å². The molecular weight excluding hydrogens is 232 g/mol. The van der Waals surface area contributed by atoms with Gasteiger partial charge in [0, 0.05) is 30.5 Å². The van der Waals surface area contributed by atoms with E-state index in [1.54, 1.807) is 0 Å². The van der Waals surface area contributed by atoms with Crippen LogP contribution in [0.3, 0.4) is 0 Å². The zero-order valence-corrected chi connectivity index (χ0v) is 12.1. The molecule has 1 heterocycles. The molecule has 2 aliphatic rings. The Morgan fingerprint density at radius 3 is 2.47 bits per heavy atom. The fourth-order valence-electron chi connectivity index (χ4n) is 3.67. The summed E-state index contributed by atoms with van der Waals surface area (Å²) in [5.41, 5.74) is 2.69. The molecule has 0 aromatic heterocycles. The lowest BCUT2D eigenvalue weighted by Crippen LogP contribution is -2.23. The largest absolute Gasteiger partial charge is 0.382 e. The predicted octanol–water partition coefficient (Wildman–Crippen LogP) is 4.28. The first-order chi connectivity index (χ1) is 9.36. The molecule has 1 saturated carbocycles. The molecule has 0 radical (unpaired) electrons. The van der Waals surface area contributed by atoms with Gasteiger partial charge in [0.15, 0.2) is 0 Å². The van der Waals surface area contributed by atoms with Crippen LogP contribution in [0.1, 0.15) is 45.4 Å². The summed E-state index contributed by atoms with van der Waals surface area (Å²) < 4.78 is 0. The maximum Gasteiger partial charge on any atom is 0.0367 e. The SMILES string of the molecule is CCC1CCCC1Nc1ccc(N2CCCC2)cc1. The first-order valence-corrected chi connectivity index (χ1v) is 7.98. The van der Waals surface area contributed by atoms with Gasteiger partial charge in [0.25, 0.3) is 0 Å². The zero-order valence-electron chi connectivity index (χ0n) is 12.1. The molecule has 2 heteroatoms. The van der Waals surface area contributed by atoms with E-state index in [-0.39, 0.29) is 0 Å². The number of anilines is 2. The molecule has 1 aromatic carbocycles. The van der Waals surface area contributed by atoms with E-state index in [1.807, 2.05) is 0 Å². The Balaban J connectivity index is 1.62. The smallest absolute Gasteiger partial charge is 0.0367 e. The molecular formula is C17H26N2. The summed E-state index contributed by atoms with van der Waals surface area (Å²) >= 11 is 0. The average Bonchev–Trinajstić information content (AvgIpc) is 3.10. The molecule has 0 amide bonds. The van der Waals surface area contributed by atoms with Crippen molar-refractivity contribution in [3.8, 4) is 0 Å². The summed E-state index contributed by atoms with van der Waals surface area (Å²) in [6.45, 7) is 4.78. The van der Waals surface area contributed by atoms with Crippen LogP contribution < -0.4 is 10.2 Å². The molecule has 1 aromatic rings. The molecule has 104 valence electrons. The first kappa shape index (κ1) is 12.8. The highest BCUT2D eigenvalue weighted by molar-refractivity contribution is 5.55. The number of benzene rings is 1. The van der Waals surface area contributed by atoms with Crippen molar-refractivity contribution in [2.75, 3.05) is 23.3 Å². The quantitative estimate of drug-likeness (QED) is 0.867. The lowest BCUT2D eigenvalue weighted by Gasteiger charge is -2.22. The molecule has 2 unspecified atom stereocenters. The van der Waals surface area contributed by atoms with E-state index in [2.05, 4.69) is 41.4 Å². The van der Waals surface area contributed by atoms with E-state index in [1.165, 1.54) is 63.0 Å². The van der Waals surface area contributed by atoms with E-state index < -0.39 is 0 Å². The van der Waals surface area contributed by atoms with Gasteiger partial charge in [-0.25, -0.2) is 0 Å². The van der Waals surface area contributed by atoms with Crippen LogP contribution in [0.4, 0.5) is 11.4 Å². The third kappa shape index (κ3) is 2.88. The van der Waals surface area contributed by atoms with Gasteiger partial charge in [-0.3, -0.25) is 0 Å². The highest BCUT2D eigenvalue weighted by Crippen LogP contribution is 2.31. The van der Waals surface area contributed by atoms with Crippen LogP contribution in [-0.4, -0.2) is 19.1 Å². The van der Waals surface area contributed by atoms with Crippen LogP contribution in [0.25, 0.3) is 0 Å². The van der Waals surface area contributed by atoms with Gasteiger partial charge in [-0.2, -0.15) is 0 Å². The Morgan fingerprint density at radius 2 is 1.79 bits per heavy atom. The zero-order chi connectivity index (χ0) is 13.1. The Labute approximate surface area is 117 Å². The van der Waals surface area contributed by atoms with Gasteiger partial charge in [-0.1, -0.05) is 19.8 Å². The second-order valence-corrected chi connectivity index (χ2v) is 6.09. The van der Waals surface area contributed by atoms with Crippen molar-refractivity contribution in [3.05, 3.63) is 24.3 Å². The minimum absolute atomic E-state index is 0.697. The summed E-state index contributed by atoms with van der Waals surface area (Å²) in [5.74, 6) is 0.873. The Morgan fingerprint density at radius 1 is 1.05 bits per heavy atom. The van der Waals surface area contributed by atoms with E-state index in [0.29, 0.717) is 6.04 Å². The van der Waals surface area contributed by atoms with Crippen molar-refractivity contribution in [1.29, 1.82) is 0 Å². The van der Waals surface area contributed by atoms with Gasteiger partial charge in [-0.15, -0.1) is 0 Å². The van der Waals surface area contributed by atoms with Crippen molar-refractivity contribution in [2.45, 2.75) is 51.5 Å². The molecule has 1 aliphatic carbocycles. The predicted molar refractivity (Wildman–Crippen MR) is 82.9 cm³/mol. The standard InChI is InChI=1S/C17H26N2/c1-2-14-6-5-7-17(14)18-15-8-10-16(11-9-15)19-12-3-4-13-19/h8-11,14,17-18H,2-7,12-13H2,1H3. The van der Waals surface area contributed by atoms with Crippen LogP contribution in [0.2, 0.25) is 0 Å². The minimum atomic E-state index is 0.697. The lowest BCUT2D eigenvalue weighted by molar-refractivity contribution is 0.489. The van der Waals surface area contributed by atoms with Crippen molar-refractivity contribution in [2.24, 2.45) is 5.92 Å².